The summed E-state index contributed by atoms with van der Waals surface area (Å²) in [6.07, 6.45) is 1.57. The molecule has 238 valence electrons. The van der Waals surface area contributed by atoms with Crippen molar-refractivity contribution >= 4 is 27.8 Å². The topological polar surface area (TPSA) is 135 Å². The number of aliphatic carboxylic acids is 1. The number of carboxylic acids is 1. The number of benzene rings is 2. The third-order valence-corrected chi connectivity index (χ3v) is 8.93. The fourth-order valence-corrected chi connectivity index (χ4v) is 6.31. The molecular formula is C33H40N6O5S. The Morgan fingerprint density at radius 2 is 1.56 bits per heavy atom. The van der Waals surface area contributed by atoms with Gasteiger partial charge in [0.1, 0.15) is 11.7 Å². The zero-order chi connectivity index (χ0) is 32.6. The van der Waals surface area contributed by atoms with E-state index in [4.69, 9.17) is 0 Å². The first-order chi connectivity index (χ1) is 21.4. The van der Waals surface area contributed by atoms with Gasteiger partial charge in [-0.1, -0.05) is 50.0 Å². The smallest absolute Gasteiger partial charge is 0.322 e. The number of carbonyl (C=O) groups excluding carboxylic acids is 1. The van der Waals surface area contributed by atoms with Crippen LogP contribution in [0.2, 0.25) is 0 Å². The summed E-state index contributed by atoms with van der Waals surface area (Å²) in [6.45, 7) is 5.99. The molecule has 2 aromatic carbocycles. The number of hydrogen-bond acceptors (Lipinski definition) is 7. The van der Waals surface area contributed by atoms with Crippen molar-refractivity contribution in [3.63, 3.8) is 0 Å². The van der Waals surface area contributed by atoms with Crippen molar-refractivity contribution in [3.8, 4) is 11.8 Å². The van der Waals surface area contributed by atoms with E-state index in [9.17, 15) is 23.1 Å². The molecule has 1 amide bonds. The van der Waals surface area contributed by atoms with Gasteiger partial charge in [0.05, 0.1) is 0 Å². The Bertz CT molecular complexity index is 1640. The van der Waals surface area contributed by atoms with Crippen molar-refractivity contribution in [1.29, 1.82) is 0 Å². The second kappa shape index (κ2) is 15.1. The molecule has 0 radical (unpaired) electrons. The van der Waals surface area contributed by atoms with Crippen LogP contribution in [0.1, 0.15) is 46.6 Å². The molecule has 4 rings (SSSR count). The van der Waals surface area contributed by atoms with Gasteiger partial charge in [-0.15, -0.1) is 0 Å². The van der Waals surface area contributed by atoms with Crippen molar-refractivity contribution in [2.24, 2.45) is 5.92 Å². The molecule has 2 heterocycles. The number of piperazine rings is 1. The predicted octanol–water partition coefficient (Wildman–Crippen LogP) is 2.54. The first-order valence-electron chi connectivity index (χ1n) is 14.8. The summed E-state index contributed by atoms with van der Waals surface area (Å²) in [5.41, 5.74) is 4.90. The first kappa shape index (κ1) is 33.6. The number of anilines is 1. The predicted molar refractivity (Wildman–Crippen MR) is 174 cm³/mol. The lowest BCUT2D eigenvalue weighted by molar-refractivity contribution is -0.140. The fourth-order valence-electron chi connectivity index (χ4n) is 4.83. The quantitative estimate of drug-likeness (QED) is 0.275. The van der Waals surface area contributed by atoms with Crippen LogP contribution in [0.4, 0.5) is 5.69 Å². The molecule has 1 atom stereocenters. The second-order valence-corrected chi connectivity index (χ2v) is 13.2. The van der Waals surface area contributed by atoms with Crippen LogP contribution in [0.5, 0.6) is 0 Å². The number of hydrogen-bond donors (Lipinski definition) is 3. The number of amides is 1. The van der Waals surface area contributed by atoms with E-state index in [2.05, 4.69) is 48.8 Å². The Kier molecular flexibility index (Phi) is 11.3. The third-order valence-electron chi connectivity index (χ3n) is 7.34. The maximum atomic E-state index is 12.8. The fraction of sp³-hybridized carbons (Fsp3) is 0.364. The standard InChI is InChI=1S/C33H40N6O5S/c1-24(2)31(33(41)42)36-45(43,44)39-19-17-38(18-20-39)29-13-11-25(12-14-29)5-6-26-15-16-34-30(21-26)32(40)35-22-27-7-9-28(10-8-27)23-37(3)4/h7-16,21,24,31,36H,17-20,22-23H2,1-4H3,(H,35,40)(H,41,42)/t31-/m1/s1. The van der Waals surface area contributed by atoms with Gasteiger partial charge in [0.25, 0.3) is 16.1 Å². The zero-order valence-electron chi connectivity index (χ0n) is 26.0. The van der Waals surface area contributed by atoms with E-state index in [1.54, 1.807) is 32.2 Å². The Morgan fingerprint density at radius 3 is 2.16 bits per heavy atom. The van der Waals surface area contributed by atoms with Crippen LogP contribution in [0.25, 0.3) is 0 Å². The lowest BCUT2D eigenvalue weighted by Gasteiger charge is -2.36. The van der Waals surface area contributed by atoms with Gasteiger partial charge >= 0.3 is 5.97 Å². The maximum Gasteiger partial charge on any atom is 0.322 e. The molecule has 1 aliphatic heterocycles. The van der Waals surface area contributed by atoms with E-state index in [1.807, 2.05) is 50.5 Å². The molecule has 0 bridgehead atoms. The summed E-state index contributed by atoms with van der Waals surface area (Å²) < 4.78 is 29.1. The number of pyridine rings is 1. The van der Waals surface area contributed by atoms with Crippen LogP contribution in [0.15, 0.2) is 66.9 Å². The maximum absolute atomic E-state index is 12.8. The van der Waals surface area contributed by atoms with Crippen molar-refractivity contribution in [3.05, 3.63) is 94.8 Å². The van der Waals surface area contributed by atoms with E-state index >= 15 is 0 Å². The third kappa shape index (κ3) is 9.60. The van der Waals surface area contributed by atoms with E-state index in [0.717, 1.165) is 23.4 Å². The molecule has 45 heavy (non-hydrogen) atoms. The molecule has 0 unspecified atom stereocenters. The number of nitrogens with one attached hydrogen (secondary N) is 2. The molecule has 1 aromatic heterocycles. The highest BCUT2D eigenvalue weighted by molar-refractivity contribution is 7.87. The minimum atomic E-state index is -3.92. The molecule has 12 heteroatoms. The molecule has 11 nitrogen and oxygen atoms in total. The molecule has 3 N–H and O–H groups in total. The number of aromatic nitrogens is 1. The molecule has 3 aromatic rings. The van der Waals surface area contributed by atoms with Crippen molar-refractivity contribution in [1.82, 2.24) is 24.2 Å². The zero-order valence-corrected chi connectivity index (χ0v) is 26.8. The lowest BCUT2D eigenvalue weighted by atomic mass is 10.1. The van der Waals surface area contributed by atoms with Gasteiger partial charge in [0, 0.05) is 62.3 Å². The molecule has 0 saturated carbocycles. The van der Waals surface area contributed by atoms with Crippen LogP contribution in [-0.2, 0) is 28.1 Å². The number of carboxylic acid groups (broad SMARTS) is 1. The minimum Gasteiger partial charge on any atom is -0.480 e. The van der Waals surface area contributed by atoms with Gasteiger partial charge < -0.3 is 20.2 Å². The first-order valence-corrected chi connectivity index (χ1v) is 16.2. The van der Waals surface area contributed by atoms with Crippen molar-refractivity contribution < 1.29 is 23.1 Å². The van der Waals surface area contributed by atoms with E-state index in [-0.39, 0.29) is 24.9 Å². The van der Waals surface area contributed by atoms with Gasteiger partial charge in [-0.25, -0.2) is 0 Å². The lowest BCUT2D eigenvalue weighted by Crippen LogP contribution is -2.55. The second-order valence-electron chi connectivity index (χ2n) is 11.5. The van der Waals surface area contributed by atoms with Crippen LogP contribution >= 0.6 is 0 Å². The number of rotatable bonds is 11. The summed E-state index contributed by atoms with van der Waals surface area (Å²) in [5, 5.41) is 12.3. The summed E-state index contributed by atoms with van der Waals surface area (Å²) >= 11 is 0. The Morgan fingerprint density at radius 1 is 0.933 bits per heavy atom. The SMILES string of the molecule is CC(C)[C@@H](NS(=O)(=O)N1CCN(c2ccc(C#Cc3ccnc(C(=O)NCc4ccc(CN(C)C)cc4)c3)cc2)CC1)C(=O)O. The van der Waals surface area contributed by atoms with Gasteiger partial charge in [0.2, 0.25) is 0 Å². The van der Waals surface area contributed by atoms with Gasteiger partial charge in [-0.2, -0.15) is 17.4 Å². The summed E-state index contributed by atoms with van der Waals surface area (Å²) in [4.78, 5) is 32.6. The van der Waals surface area contributed by atoms with E-state index in [1.165, 1.54) is 9.87 Å². The van der Waals surface area contributed by atoms with Gasteiger partial charge in [-0.05, 0) is 67.5 Å². The Labute approximate surface area is 265 Å². The summed E-state index contributed by atoms with van der Waals surface area (Å²) in [6, 6.07) is 18.0. The normalized spacial score (nSPS) is 14.6. The van der Waals surface area contributed by atoms with Crippen LogP contribution in [0, 0.1) is 17.8 Å². The van der Waals surface area contributed by atoms with Crippen LogP contribution in [0.3, 0.4) is 0 Å². The molecular weight excluding hydrogens is 592 g/mol. The molecule has 1 fully saturated rings. The van der Waals surface area contributed by atoms with Crippen LogP contribution < -0.4 is 14.9 Å². The number of nitrogens with zero attached hydrogens (tertiary/aromatic N) is 4. The highest BCUT2D eigenvalue weighted by Gasteiger charge is 2.33. The highest BCUT2D eigenvalue weighted by Crippen LogP contribution is 2.19. The Hall–Kier alpha value is -4.28. The molecule has 0 aliphatic carbocycles. The molecule has 0 spiro atoms. The highest BCUT2D eigenvalue weighted by atomic mass is 32.2. The minimum absolute atomic E-state index is 0.238. The molecule has 1 saturated heterocycles. The number of carbonyl (C=O) groups is 2. The van der Waals surface area contributed by atoms with Crippen LogP contribution in [-0.4, -0.2) is 85.9 Å². The average Bonchev–Trinajstić information content (AvgIpc) is 3.02. The monoisotopic (exact) mass is 632 g/mol. The van der Waals surface area contributed by atoms with E-state index < -0.39 is 22.2 Å². The van der Waals surface area contributed by atoms with Gasteiger partial charge in [0.15, 0.2) is 0 Å². The summed E-state index contributed by atoms with van der Waals surface area (Å²) in [7, 11) is 0.123. The largest absolute Gasteiger partial charge is 0.480 e. The van der Waals surface area contributed by atoms with Gasteiger partial charge in [-0.3, -0.25) is 14.6 Å². The Balaban J connectivity index is 1.30. The average molecular weight is 633 g/mol. The van der Waals surface area contributed by atoms with Crippen molar-refractivity contribution in [2.75, 3.05) is 45.2 Å². The summed E-state index contributed by atoms with van der Waals surface area (Å²) in [5.74, 6) is 4.37. The van der Waals surface area contributed by atoms with Crippen molar-refractivity contribution in [2.45, 2.75) is 33.0 Å². The van der Waals surface area contributed by atoms with E-state index in [0.29, 0.717) is 30.9 Å². The molecule has 1 aliphatic rings.